The second-order valence-electron chi connectivity index (χ2n) is 2.89. The molecule has 2 heterocycles. The van der Waals surface area contributed by atoms with Gasteiger partial charge in [-0.1, -0.05) is 0 Å². The molecule has 0 fully saturated rings. The van der Waals surface area contributed by atoms with E-state index in [2.05, 4.69) is 9.97 Å². The Bertz CT molecular complexity index is 504. The van der Waals surface area contributed by atoms with E-state index < -0.39 is 5.69 Å². The van der Waals surface area contributed by atoms with Crippen LogP contribution in [0.3, 0.4) is 0 Å². The second-order valence-corrected chi connectivity index (χ2v) is 2.89. The largest absolute Gasteiger partial charge is 0.461 e. The maximum Gasteiger partial charge on any atom is 0.323 e. The zero-order valence-corrected chi connectivity index (χ0v) is 7.46. The summed E-state index contributed by atoms with van der Waals surface area (Å²) in [4.78, 5) is 27.4. The molecule has 2 rings (SSSR count). The van der Waals surface area contributed by atoms with Crippen LogP contribution in [-0.4, -0.2) is 15.8 Å². The van der Waals surface area contributed by atoms with E-state index in [9.17, 15) is 9.59 Å². The van der Waals surface area contributed by atoms with E-state index in [0.717, 1.165) is 0 Å². The molecule has 0 unspecified atom stereocenters. The fourth-order valence-electron chi connectivity index (χ4n) is 1.23. The van der Waals surface area contributed by atoms with Crippen LogP contribution in [0, 0.1) is 6.92 Å². The van der Waals surface area contributed by atoms with E-state index in [4.69, 9.17) is 4.42 Å². The first-order chi connectivity index (χ1) is 6.68. The van der Waals surface area contributed by atoms with Gasteiger partial charge in [0, 0.05) is 5.69 Å². The van der Waals surface area contributed by atoms with Crippen LogP contribution in [0.5, 0.6) is 0 Å². The molecule has 14 heavy (non-hydrogen) atoms. The first-order valence-electron chi connectivity index (χ1n) is 4.05. The predicted molar refractivity (Wildman–Crippen MR) is 48.3 cm³/mol. The van der Waals surface area contributed by atoms with Crippen molar-refractivity contribution in [3.63, 3.8) is 0 Å². The smallest absolute Gasteiger partial charge is 0.323 e. The standard InChI is InChI=1S/C9H8N2O3/c1-5-7(11-9(13)10-5)8(12)6-3-2-4-14-6/h2-4H,1H3,(H2,10,11,13). The number of carbonyl (C=O) groups is 1. The molecule has 0 bridgehead atoms. The number of aryl methyl sites for hydroxylation is 1. The van der Waals surface area contributed by atoms with E-state index in [1.165, 1.54) is 6.26 Å². The number of hydrogen-bond acceptors (Lipinski definition) is 3. The van der Waals surface area contributed by atoms with Crippen molar-refractivity contribution in [2.75, 3.05) is 0 Å². The first-order valence-corrected chi connectivity index (χ1v) is 4.05. The SMILES string of the molecule is Cc1[nH]c(=O)[nH]c1C(=O)c1ccco1. The molecule has 0 aromatic carbocycles. The van der Waals surface area contributed by atoms with Crippen molar-refractivity contribution < 1.29 is 9.21 Å². The molecule has 0 amide bonds. The monoisotopic (exact) mass is 192 g/mol. The van der Waals surface area contributed by atoms with Crippen molar-refractivity contribution in [2.45, 2.75) is 6.92 Å². The van der Waals surface area contributed by atoms with Gasteiger partial charge in [-0.05, 0) is 19.1 Å². The van der Waals surface area contributed by atoms with Gasteiger partial charge >= 0.3 is 5.69 Å². The van der Waals surface area contributed by atoms with Crippen LogP contribution >= 0.6 is 0 Å². The van der Waals surface area contributed by atoms with Crippen LogP contribution in [0.25, 0.3) is 0 Å². The van der Waals surface area contributed by atoms with E-state index in [0.29, 0.717) is 5.69 Å². The number of H-pyrrole nitrogens is 2. The summed E-state index contributed by atoms with van der Waals surface area (Å²) < 4.78 is 4.93. The van der Waals surface area contributed by atoms with Gasteiger partial charge in [-0.15, -0.1) is 0 Å². The number of aromatic nitrogens is 2. The Kier molecular flexibility index (Phi) is 1.85. The summed E-state index contributed by atoms with van der Waals surface area (Å²) in [5.41, 5.74) is 0.360. The lowest BCUT2D eigenvalue weighted by molar-refractivity contribution is 0.100. The van der Waals surface area contributed by atoms with Crippen molar-refractivity contribution in [2.24, 2.45) is 0 Å². The highest BCUT2D eigenvalue weighted by molar-refractivity contribution is 6.06. The minimum absolute atomic E-state index is 0.211. The predicted octanol–water partition coefficient (Wildman–Crippen LogP) is 0.835. The van der Waals surface area contributed by atoms with Crippen molar-refractivity contribution in [3.8, 4) is 0 Å². The molecular formula is C9H8N2O3. The molecule has 2 N–H and O–H groups in total. The average molecular weight is 192 g/mol. The van der Waals surface area contributed by atoms with Crippen LogP contribution in [0.15, 0.2) is 27.6 Å². The maximum absolute atomic E-state index is 11.7. The highest BCUT2D eigenvalue weighted by atomic mass is 16.3. The second kappa shape index (κ2) is 3.02. The fourth-order valence-corrected chi connectivity index (χ4v) is 1.23. The van der Waals surface area contributed by atoms with Gasteiger partial charge in [-0.25, -0.2) is 4.79 Å². The summed E-state index contributed by atoms with van der Waals surface area (Å²) in [7, 11) is 0. The van der Waals surface area contributed by atoms with Crippen LogP contribution in [0.2, 0.25) is 0 Å². The average Bonchev–Trinajstić information content (AvgIpc) is 2.73. The summed E-state index contributed by atoms with van der Waals surface area (Å²) in [5.74, 6) is -0.116. The minimum Gasteiger partial charge on any atom is -0.461 e. The number of hydrogen-bond donors (Lipinski definition) is 2. The summed E-state index contributed by atoms with van der Waals surface area (Å²) in [6.45, 7) is 1.65. The molecule has 0 saturated carbocycles. The minimum atomic E-state index is -0.391. The summed E-state index contributed by atoms with van der Waals surface area (Å²) in [5, 5.41) is 0. The Labute approximate surface area is 78.8 Å². The summed E-state index contributed by atoms with van der Waals surface area (Å²) in [6, 6.07) is 3.17. The van der Waals surface area contributed by atoms with E-state index in [-0.39, 0.29) is 17.2 Å². The Morgan fingerprint density at radius 1 is 1.43 bits per heavy atom. The number of ketones is 1. The van der Waals surface area contributed by atoms with Crippen LogP contribution in [-0.2, 0) is 0 Å². The first kappa shape index (κ1) is 8.55. The number of aromatic amines is 2. The topological polar surface area (TPSA) is 78.9 Å². The Balaban J connectivity index is 2.46. The molecule has 5 nitrogen and oxygen atoms in total. The molecule has 5 heteroatoms. The highest BCUT2D eigenvalue weighted by Crippen LogP contribution is 2.08. The third kappa shape index (κ3) is 1.28. The van der Waals surface area contributed by atoms with Gasteiger partial charge in [0.2, 0.25) is 5.78 Å². The van der Waals surface area contributed by atoms with Crippen LogP contribution in [0.1, 0.15) is 21.9 Å². The molecule has 0 atom stereocenters. The zero-order valence-electron chi connectivity index (χ0n) is 7.46. The maximum atomic E-state index is 11.7. The Hall–Kier alpha value is -2.04. The summed E-state index contributed by atoms with van der Waals surface area (Å²) >= 11 is 0. The number of imidazole rings is 1. The molecule has 0 radical (unpaired) electrons. The van der Waals surface area contributed by atoms with Crippen molar-refractivity contribution in [3.05, 3.63) is 46.0 Å². The molecule has 0 spiro atoms. The molecule has 0 aliphatic heterocycles. The lowest BCUT2D eigenvalue weighted by Crippen LogP contribution is -2.05. The summed E-state index contributed by atoms with van der Waals surface area (Å²) in [6.07, 6.45) is 1.41. The Morgan fingerprint density at radius 2 is 2.21 bits per heavy atom. The van der Waals surface area contributed by atoms with Crippen molar-refractivity contribution in [1.82, 2.24) is 9.97 Å². The van der Waals surface area contributed by atoms with Gasteiger partial charge in [0.15, 0.2) is 5.76 Å². The van der Waals surface area contributed by atoms with Crippen molar-refractivity contribution >= 4 is 5.78 Å². The lowest BCUT2D eigenvalue weighted by Gasteiger charge is -1.93. The number of rotatable bonds is 2. The molecule has 2 aromatic heterocycles. The number of carbonyl (C=O) groups excluding carboxylic acids is 1. The quantitative estimate of drug-likeness (QED) is 0.692. The van der Waals surface area contributed by atoms with Gasteiger partial charge in [0.05, 0.1) is 6.26 Å². The molecule has 0 saturated heterocycles. The highest BCUT2D eigenvalue weighted by Gasteiger charge is 2.16. The normalized spacial score (nSPS) is 10.4. The van der Waals surface area contributed by atoms with Crippen LogP contribution < -0.4 is 5.69 Å². The van der Waals surface area contributed by atoms with Crippen LogP contribution in [0.4, 0.5) is 0 Å². The van der Waals surface area contributed by atoms with Gasteiger partial charge in [-0.2, -0.15) is 0 Å². The number of nitrogens with one attached hydrogen (secondary N) is 2. The van der Waals surface area contributed by atoms with Crippen molar-refractivity contribution in [1.29, 1.82) is 0 Å². The molecule has 0 aliphatic rings. The molecule has 2 aromatic rings. The van der Waals surface area contributed by atoms with E-state index in [1.807, 2.05) is 0 Å². The van der Waals surface area contributed by atoms with Gasteiger partial charge < -0.3 is 14.4 Å². The molecule has 0 aliphatic carbocycles. The molecular weight excluding hydrogens is 184 g/mol. The Morgan fingerprint density at radius 3 is 2.71 bits per heavy atom. The van der Waals surface area contributed by atoms with E-state index >= 15 is 0 Å². The van der Waals surface area contributed by atoms with Gasteiger partial charge in [-0.3, -0.25) is 4.79 Å². The lowest BCUT2D eigenvalue weighted by atomic mass is 10.2. The third-order valence-corrected chi connectivity index (χ3v) is 1.89. The third-order valence-electron chi connectivity index (χ3n) is 1.89. The number of furan rings is 1. The fraction of sp³-hybridized carbons (Fsp3) is 0.111. The van der Waals surface area contributed by atoms with Gasteiger partial charge in [0.1, 0.15) is 5.69 Å². The van der Waals surface area contributed by atoms with Gasteiger partial charge in [0.25, 0.3) is 0 Å². The van der Waals surface area contributed by atoms with E-state index in [1.54, 1.807) is 19.1 Å². The molecule has 72 valence electrons. The zero-order chi connectivity index (χ0) is 10.1.